The first-order chi connectivity index (χ1) is 11.2. The number of carbonyl (C=O) groups excluding carboxylic acids is 1. The number of aromatic nitrogens is 3. The van der Waals surface area contributed by atoms with Crippen LogP contribution >= 0.6 is 0 Å². The maximum atomic E-state index is 12.1. The number of H-pyrrole nitrogens is 1. The molecule has 118 valence electrons. The summed E-state index contributed by atoms with van der Waals surface area (Å²) < 4.78 is 5.60. The van der Waals surface area contributed by atoms with Crippen molar-refractivity contribution in [3.8, 4) is 5.75 Å². The number of para-hydroxylation sites is 1. The Bertz CT molecular complexity index is 841. The molecule has 0 unspecified atom stereocenters. The number of hydrogen-bond acceptors (Lipinski definition) is 4. The number of carbonyl (C=O) groups is 1. The predicted molar refractivity (Wildman–Crippen MR) is 88.6 cm³/mol. The lowest BCUT2D eigenvalue weighted by molar-refractivity contribution is -0.118. The highest BCUT2D eigenvalue weighted by atomic mass is 16.5. The van der Waals surface area contributed by atoms with Crippen molar-refractivity contribution >= 4 is 22.8 Å². The zero-order valence-electron chi connectivity index (χ0n) is 13.1. The Morgan fingerprint density at radius 2 is 2.09 bits per heavy atom. The Kier molecular flexibility index (Phi) is 4.23. The fraction of sp³-hybridized carbons (Fsp3) is 0.235. The Morgan fingerprint density at radius 3 is 2.91 bits per heavy atom. The summed E-state index contributed by atoms with van der Waals surface area (Å²) in [5, 5.41) is 10.4. The molecule has 1 aromatic carbocycles. The number of anilines is 1. The Labute approximate surface area is 133 Å². The van der Waals surface area contributed by atoms with E-state index in [1.54, 1.807) is 0 Å². The van der Waals surface area contributed by atoms with Gasteiger partial charge >= 0.3 is 0 Å². The van der Waals surface area contributed by atoms with Crippen LogP contribution in [0.2, 0.25) is 0 Å². The number of rotatable bonds is 5. The molecule has 0 aliphatic heterocycles. The van der Waals surface area contributed by atoms with E-state index >= 15 is 0 Å². The number of aromatic amines is 1. The summed E-state index contributed by atoms with van der Waals surface area (Å²) in [5.74, 6) is 0.934. The third-order valence-corrected chi connectivity index (χ3v) is 3.53. The van der Waals surface area contributed by atoms with Crippen LogP contribution in [-0.4, -0.2) is 27.7 Å². The first kappa shape index (κ1) is 15.0. The minimum Gasteiger partial charge on any atom is -0.483 e. The van der Waals surface area contributed by atoms with Crippen LogP contribution in [-0.2, 0) is 11.2 Å². The average molecular weight is 310 g/mol. The molecule has 0 saturated carbocycles. The molecule has 0 atom stereocenters. The second-order valence-electron chi connectivity index (χ2n) is 5.22. The number of amides is 1. The van der Waals surface area contributed by atoms with Crippen molar-refractivity contribution in [2.45, 2.75) is 20.3 Å². The molecule has 6 nitrogen and oxygen atoms in total. The Morgan fingerprint density at radius 1 is 1.26 bits per heavy atom. The minimum absolute atomic E-state index is 0.0648. The third-order valence-electron chi connectivity index (χ3n) is 3.53. The second-order valence-corrected chi connectivity index (χ2v) is 5.22. The molecule has 3 aromatic rings. The highest BCUT2D eigenvalue weighted by molar-refractivity contribution is 5.99. The molecule has 2 N–H and O–H groups in total. The van der Waals surface area contributed by atoms with Crippen LogP contribution in [0.4, 0.5) is 5.82 Å². The normalized spacial score (nSPS) is 10.7. The van der Waals surface area contributed by atoms with E-state index in [0.717, 1.165) is 28.8 Å². The summed E-state index contributed by atoms with van der Waals surface area (Å²) in [6, 6.07) is 11.5. The number of benzene rings is 1. The molecule has 0 fully saturated rings. The molecule has 23 heavy (non-hydrogen) atoms. The Hall–Kier alpha value is -2.89. The van der Waals surface area contributed by atoms with Crippen molar-refractivity contribution < 1.29 is 9.53 Å². The summed E-state index contributed by atoms with van der Waals surface area (Å²) >= 11 is 0. The van der Waals surface area contributed by atoms with E-state index in [4.69, 9.17) is 4.74 Å². The fourth-order valence-electron chi connectivity index (χ4n) is 2.35. The zero-order valence-corrected chi connectivity index (χ0v) is 13.1. The van der Waals surface area contributed by atoms with E-state index < -0.39 is 0 Å². The van der Waals surface area contributed by atoms with Gasteiger partial charge in [0.15, 0.2) is 18.1 Å². The van der Waals surface area contributed by atoms with Gasteiger partial charge in [0.2, 0.25) is 0 Å². The first-order valence-electron chi connectivity index (χ1n) is 7.49. The molecule has 0 aliphatic carbocycles. The van der Waals surface area contributed by atoms with E-state index in [1.165, 1.54) is 0 Å². The number of ether oxygens (including phenoxy) is 1. The molecule has 0 radical (unpaired) electrons. The maximum Gasteiger partial charge on any atom is 0.263 e. The van der Waals surface area contributed by atoms with E-state index in [-0.39, 0.29) is 12.5 Å². The minimum atomic E-state index is -0.259. The van der Waals surface area contributed by atoms with Crippen LogP contribution in [0.3, 0.4) is 0 Å². The number of fused-ring (bicyclic) bond motifs is 1. The van der Waals surface area contributed by atoms with Gasteiger partial charge in [0.25, 0.3) is 5.91 Å². The first-order valence-corrected chi connectivity index (χ1v) is 7.49. The third kappa shape index (κ3) is 3.31. The number of hydrogen-bond donors (Lipinski definition) is 2. The summed E-state index contributed by atoms with van der Waals surface area (Å²) in [7, 11) is 0. The van der Waals surface area contributed by atoms with Crippen LogP contribution in [0, 0.1) is 6.92 Å². The number of nitrogens with one attached hydrogen (secondary N) is 2. The lowest BCUT2D eigenvalue weighted by atomic mass is 10.1. The Balaban J connectivity index is 1.67. The molecular weight excluding hydrogens is 292 g/mol. The van der Waals surface area contributed by atoms with Crippen LogP contribution < -0.4 is 10.1 Å². The molecule has 1 amide bonds. The van der Waals surface area contributed by atoms with Gasteiger partial charge in [-0.25, -0.2) is 4.98 Å². The van der Waals surface area contributed by atoms with Crippen LogP contribution in [0.5, 0.6) is 5.75 Å². The van der Waals surface area contributed by atoms with Gasteiger partial charge in [-0.2, -0.15) is 5.10 Å². The lowest BCUT2D eigenvalue weighted by Gasteiger charge is -2.09. The van der Waals surface area contributed by atoms with E-state index in [9.17, 15) is 4.79 Å². The van der Waals surface area contributed by atoms with Gasteiger partial charge in [0, 0.05) is 5.69 Å². The SMILES string of the molecule is CCc1ccccc1OCC(=O)Nc1n[nH]c2nc(C)ccc12. The van der Waals surface area contributed by atoms with E-state index in [0.29, 0.717) is 11.5 Å². The maximum absolute atomic E-state index is 12.1. The molecule has 0 bridgehead atoms. The molecule has 2 heterocycles. The largest absolute Gasteiger partial charge is 0.483 e. The molecule has 3 rings (SSSR count). The van der Waals surface area contributed by atoms with Crippen molar-refractivity contribution in [3.05, 3.63) is 47.7 Å². The smallest absolute Gasteiger partial charge is 0.263 e. The molecule has 2 aromatic heterocycles. The number of aryl methyl sites for hydroxylation is 2. The summed E-state index contributed by atoms with van der Waals surface area (Å²) in [4.78, 5) is 16.4. The molecule has 6 heteroatoms. The summed E-state index contributed by atoms with van der Waals surface area (Å²) in [5.41, 5.74) is 2.61. The van der Waals surface area contributed by atoms with Crippen molar-refractivity contribution in [1.29, 1.82) is 0 Å². The fourth-order valence-corrected chi connectivity index (χ4v) is 2.35. The van der Waals surface area contributed by atoms with Crippen LogP contribution in [0.25, 0.3) is 11.0 Å². The second kappa shape index (κ2) is 6.48. The number of pyridine rings is 1. The molecule has 0 aliphatic rings. The standard InChI is InChI=1S/C17H18N4O2/c1-3-12-6-4-5-7-14(12)23-10-15(22)19-17-13-9-8-11(2)18-16(13)20-21-17/h4-9H,3,10H2,1-2H3,(H2,18,19,20,21,22). The van der Waals surface area contributed by atoms with Gasteiger partial charge in [-0.15, -0.1) is 0 Å². The topological polar surface area (TPSA) is 79.9 Å². The predicted octanol–water partition coefficient (Wildman–Crippen LogP) is 2.85. The average Bonchev–Trinajstić information content (AvgIpc) is 2.95. The van der Waals surface area contributed by atoms with Crippen molar-refractivity contribution in [2.24, 2.45) is 0 Å². The zero-order chi connectivity index (χ0) is 16.2. The van der Waals surface area contributed by atoms with Crippen LogP contribution in [0.1, 0.15) is 18.2 Å². The quantitative estimate of drug-likeness (QED) is 0.759. The van der Waals surface area contributed by atoms with Crippen molar-refractivity contribution in [2.75, 3.05) is 11.9 Å². The summed E-state index contributed by atoms with van der Waals surface area (Å²) in [6.45, 7) is 3.88. The van der Waals surface area contributed by atoms with E-state index in [1.807, 2.05) is 50.2 Å². The van der Waals surface area contributed by atoms with Gasteiger partial charge in [-0.05, 0) is 37.1 Å². The molecular formula is C17H18N4O2. The van der Waals surface area contributed by atoms with Gasteiger partial charge < -0.3 is 10.1 Å². The summed E-state index contributed by atoms with van der Waals surface area (Å²) in [6.07, 6.45) is 0.854. The van der Waals surface area contributed by atoms with Gasteiger partial charge in [-0.1, -0.05) is 25.1 Å². The van der Waals surface area contributed by atoms with Gasteiger partial charge in [0.1, 0.15) is 5.75 Å². The lowest BCUT2D eigenvalue weighted by Crippen LogP contribution is -2.20. The highest BCUT2D eigenvalue weighted by Gasteiger charge is 2.11. The molecule has 0 saturated heterocycles. The van der Waals surface area contributed by atoms with Gasteiger partial charge in [-0.3, -0.25) is 9.89 Å². The van der Waals surface area contributed by atoms with Gasteiger partial charge in [0.05, 0.1) is 5.39 Å². The highest BCUT2D eigenvalue weighted by Crippen LogP contribution is 2.20. The van der Waals surface area contributed by atoms with Crippen molar-refractivity contribution in [1.82, 2.24) is 15.2 Å². The van der Waals surface area contributed by atoms with Crippen LogP contribution in [0.15, 0.2) is 36.4 Å². The van der Waals surface area contributed by atoms with E-state index in [2.05, 4.69) is 20.5 Å². The monoisotopic (exact) mass is 310 g/mol. The molecule has 0 spiro atoms. The number of nitrogens with zero attached hydrogens (tertiary/aromatic N) is 2. The van der Waals surface area contributed by atoms with Crippen molar-refractivity contribution in [3.63, 3.8) is 0 Å².